The van der Waals surface area contributed by atoms with Crippen molar-refractivity contribution in [3.8, 4) is 0 Å². The number of nitrogens with one attached hydrogen (secondary N) is 1. The number of ether oxygens (including phenoxy) is 1. The summed E-state index contributed by atoms with van der Waals surface area (Å²) in [7, 11) is 0. The maximum atomic E-state index is 12.3. The second kappa shape index (κ2) is 12.0. The van der Waals surface area contributed by atoms with Gasteiger partial charge in [-0.2, -0.15) is 0 Å². The van der Waals surface area contributed by atoms with Gasteiger partial charge in [-0.3, -0.25) is 9.69 Å². The smallest absolute Gasteiger partial charge is 0.328 e. The highest BCUT2D eigenvalue weighted by Gasteiger charge is 2.21. The predicted octanol–water partition coefficient (Wildman–Crippen LogP) is 3.97. The van der Waals surface area contributed by atoms with Gasteiger partial charge in [-0.25, -0.2) is 9.78 Å². The molecule has 11 heteroatoms. The summed E-state index contributed by atoms with van der Waals surface area (Å²) < 4.78 is 6.52. The molecule has 2 heterocycles. The Kier molecular flexibility index (Phi) is 9.39. The number of hydrogen-bond acceptors (Lipinski definition) is 7. The predicted molar refractivity (Wildman–Crippen MR) is 129 cm³/mol. The third kappa shape index (κ3) is 7.75. The first-order valence-electron chi connectivity index (χ1n) is 9.86. The van der Waals surface area contributed by atoms with Crippen LogP contribution in [0.25, 0.3) is 6.08 Å². The summed E-state index contributed by atoms with van der Waals surface area (Å²) in [5.41, 5.74) is 1.82. The number of thiazole rings is 1. The van der Waals surface area contributed by atoms with Gasteiger partial charge in [0.2, 0.25) is 5.91 Å². The molecular formula is C21H23Cl2N3O4S2. The Hall–Kier alpha value is -1.62. The fraction of sp³-hybridized carbons (Fsp3) is 0.381. The average molecular weight is 516 g/mol. The van der Waals surface area contributed by atoms with Crippen LogP contribution in [0.2, 0.25) is 10.0 Å². The van der Waals surface area contributed by atoms with Crippen molar-refractivity contribution in [3.63, 3.8) is 0 Å². The largest absolute Gasteiger partial charge is 0.478 e. The number of aryl methyl sites for hydroxylation is 1. The van der Waals surface area contributed by atoms with Crippen LogP contribution in [0.5, 0.6) is 0 Å². The van der Waals surface area contributed by atoms with E-state index >= 15 is 0 Å². The normalized spacial score (nSPS) is 17.0. The second-order valence-corrected chi connectivity index (χ2v) is 10.2. The average Bonchev–Trinajstić information content (AvgIpc) is 3.11. The van der Waals surface area contributed by atoms with Crippen LogP contribution in [-0.4, -0.2) is 65.0 Å². The highest BCUT2D eigenvalue weighted by molar-refractivity contribution is 8.01. The number of benzene rings is 1. The first-order valence-corrected chi connectivity index (χ1v) is 12.4. The molecule has 32 heavy (non-hydrogen) atoms. The Labute approximate surface area is 204 Å². The van der Waals surface area contributed by atoms with E-state index in [-0.39, 0.29) is 17.8 Å². The van der Waals surface area contributed by atoms with Gasteiger partial charge < -0.3 is 15.2 Å². The summed E-state index contributed by atoms with van der Waals surface area (Å²) in [4.78, 5) is 30.3. The van der Waals surface area contributed by atoms with E-state index in [2.05, 4.69) is 15.2 Å². The molecule has 1 aliphatic heterocycles. The lowest BCUT2D eigenvalue weighted by Crippen LogP contribution is -2.47. The monoisotopic (exact) mass is 515 g/mol. The van der Waals surface area contributed by atoms with E-state index in [1.807, 2.05) is 19.1 Å². The van der Waals surface area contributed by atoms with Crippen molar-refractivity contribution in [1.82, 2.24) is 15.2 Å². The third-order valence-electron chi connectivity index (χ3n) is 4.66. The number of amides is 1. The van der Waals surface area contributed by atoms with E-state index in [1.165, 1.54) is 29.2 Å². The molecule has 0 bridgehead atoms. The number of carboxylic acid groups (broad SMARTS) is 1. The van der Waals surface area contributed by atoms with Crippen molar-refractivity contribution in [2.75, 3.05) is 32.0 Å². The summed E-state index contributed by atoms with van der Waals surface area (Å²) >= 11 is 14.8. The molecule has 1 aliphatic rings. The van der Waals surface area contributed by atoms with E-state index in [4.69, 9.17) is 33.0 Å². The Balaban J connectivity index is 1.42. The van der Waals surface area contributed by atoms with Gasteiger partial charge in [0.15, 0.2) is 4.34 Å². The first kappa shape index (κ1) is 25.0. The minimum Gasteiger partial charge on any atom is -0.478 e. The fourth-order valence-electron chi connectivity index (χ4n) is 3.10. The summed E-state index contributed by atoms with van der Waals surface area (Å²) in [5, 5.41) is 12.7. The van der Waals surface area contributed by atoms with E-state index < -0.39 is 5.97 Å². The van der Waals surface area contributed by atoms with Crippen LogP contribution in [0.4, 0.5) is 0 Å². The second-order valence-electron chi connectivity index (χ2n) is 7.17. The molecule has 1 aromatic carbocycles. The van der Waals surface area contributed by atoms with Crippen molar-refractivity contribution in [2.24, 2.45) is 0 Å². The van der Waals surface area contributed by atoms with Crippen molar-refractivity contribution < 1.29 is 19.4 Å². The number of carbonyl (C=O) groups excluding carboxylic acids is 1. The van der Waals surface area contributed by atoms with E-state index in [0.29, 0.717) is 29.7 Å². The highest BCUT2D eigenvalue weighted by Crippen LogP contribution is 2.28. The molecule has 0 unspecified atom stereocenters. The molecule has 0 aliphatic carbocycles. The zero-order valence-electron chi connectivity index (χ0n) is 17.3. The van der Waals surface area contributed by atoms with Crippen LogP contribution < -0.4 is 5.32 Å². The Morgan fingerprint density at radius 2 is 2.22 bits per heavy atom. The van der Waals surface area contributed by atoms with E-state index in [0.717, 1.165) is 39.6 Å². The number of hydrogen-bond donors (Lipinski definition) is 2. The molecule has 1 amide bonds. The molecular weight excluding hydrogens is 493 g/mol. The van der Waals surface area contributed by atoms with Crippen LogP contribution >= 0.6 is 46.3 Å². The number of morpholine rings is 1. The van der Waals surface area contributed by atoms with Crippen LogP contribution in [0.1, 0.15) is 16.1 Å². The molecule has 0 spiro atoms. The number of carbonyl (C=O) groups is 2. The zero-order chi connectivity index (χ0) is 23.1. The Bertz CT molecular complexity index is 999. The molecule has 0 saturated carbocycles. The van der Waals surface area contributed by atoms with Gasteiger partial charge in [-0.15, -0.1) is 11.3 Å². The topological polar surface area (TPSA) is 91.8 Å². The first-order chi connectivity index (χ1) is 15.3. The van der Waals surface area contributed by atoms with Gasteiger partial charge >= 0.3 is 5.97 Å². The molecule has 1 saturated heterocycles. The number of aromatic nitrogens is 1. The molecule has 0 radical (unpaired) electrons. The molecule has 2 aromatic rings. The van der Waals surface area contributed by atoms with E-state index in [9.17, 15) is 9.59 Å². The number of rotatable bonds is 9. The summed E-state index contributed by atoms with van der Waals surface area (Å²) in [6.07, 6.45) is 2.51. The number of carboxylic acids is 1. The Morgan fingerprint density at radius 1 is 1.41 bits per heavy atom. The molecule has 3 rings (SSSR count). The fourth-order valence-corrected chi connectivity index (χ4v) is 5.36. The number of halogens is 2. The standard InChI is InChI=1S/C21H23Cl2N3O4S2/c1-13-18(4-5-20(28)29)32-21(25-13)31-12-19(27)24-9-15-11-26(6-7-30-15)10-14-2-3-16(22)17(23)8-14/h2-5,8,15H,6-7,9-12H2,1H3,(H,24,27)(H,28,29)/b5-4+/t15-/m0/s1. The van der Waals surface area contributed by atoms with Gasteiger partial charge in [0, 0.05) is 32.3 Å². The molecule has 1 aromatic heterocycles. The third-order valence-corrected chi connectivity index (χ3v) is 7.66. The van der Waals surface area contributed by atoms with Crippen molar-refractivity contribution in [3.05, 3.63) is 50.5 Å². The van der Waals surface area contributed by atoms with Gasteiger partial charge in [0.05, 0.1) is 39.1 Å². The van der Waals surface area contributed by atoms with E-state index in [1.54, 1.807) is 6.07 Å². The quantitative estimate of drug-likeness (QED) is 0.385. The summed E-state index contributed by atoms with van der Waals surface area (Å²) in [6, 6.07) is 5.63. The van der Waals surface area contributed by atoms with Crippen molar-refractivity contribution >= 4 is 64.3 Å². The van der Waals surface area contributed by atoms with Gasteiger partial charge in [0.1, 0.15) is 0 Å². The minimum atomic E-state index is -1.01. The lowest BCUT2D eigenvalue weighted by molar-refractivity contribution is -0.131. The number of nitrogens with zero attached hydrogens (tertiary/aromatic N) is 2. The lowest BCUT2D eigenvalue weighted by atomic mass is 10.2. The molecule has 1 atom stereocenters. The van der Waals surface area contributed by atoms with Crippen LogP contribution in [0.15, 0.2) is 28.6 Å². The maximum absolute atomic E-state index is 12.3. The molecule has 7 nitrogen and oxygen atoms in total. The van der Waals surface area contributed by atoms with Crippen molar-refractivity contribution in [2.45, 2.75) is 23.9 Å². The number of thioether (sulfide) groups is 1. The zero-order valence-corrected chi connectivity index (χ0v) is 20.5. The Morgan fingerprint density at radius 3 is 2.97 bits per heavy atom. The number of aliphatic carboxylic acids is 1. The molecule has 2 N–H and O–H groups in total. The lowest BCUT2D eigenvalue weighted by Gasteiger charge is -2.33. The molecule has 172 valence electrons. The SMILES string of the molecule is Cc1nc(SCC(=O)NC[C@H]2CN(Cc3ccc(Cl)c(Cl)c3)CCO2)sc1/C=C/C(=O)O. The maximum Gasteiger partial charge on any atom is 0.328 e. The van der Waals surface area contributed by atoms with Crippen LogP contribution in [0.3, 0.4) is 0 Å². The molecule has 1 fully saturated rings. The van der Waals surface area contributed by atoms with Crippen molar-refractivity contribution in [1.29, 1.82) is 0 Å². The summed E-state index contributed by atoms with van der Waals surface area (Å²) in [6.45, 7) is 5.10. The summed E-state index contributed by atoms with van der Waals surface area (Å²) in [5.74, 6) is -0.878. The minimum absolute atomic E-state index is 0.0877. The van der Waals surface area contributed by atoms with Gasteiger partial charge in [-0.05, 0) is 30.7 Å². The van der Waals surface area contributed by atoms with Gasteiger partial charge in [0.25, 0.3) is 0 Å². The van der Waals surface area contributed by atoms with Crippen LogP contribution in [0, 0.1) is 6.92 Å². The highest BCUT2D eigenvalue weighted by atomic mass is 35.5. The van der Waals surface area contributed by atoms with Gasteiger partial charge in [-0.1, -0.05) is 41.0 Å². The van der Waals surface area contributed by atoms with Crippen LogP contribution in [-0.2, 0) is 20.9 Å².